The molecule has 246 valence electrons. The number of nitrogens with one attached hydrogen (secondary N) is 1. The zero-order valence-corrected chi connectivity index (χ0v) is 25.2. The highest BCUT2D eigenvalue weighted by atomic mass is 19.4. The lowest BCUT2D eigenvalue weighted by Gasteiger charge is -2.42. The lowest BCUT2D eigenvalue weighted by molar-refractivity contribution is -0.137. The normalized spacial score (nSPS) is 30.3. The van der Waals surface area contributed by atoms with E-state index in [2.05, 4.69) is 20.2 Å². The number of nitrogen functional groups attached to an aromatic ring is 1. The van der Waals surface area contributed by atoms with Crippen LogP contribution >= 0.6 is 0 Å². The molecule has 0 radical (unpaired) electrons. The molecule has 7 atom stereocenters. The first kappa shape index (κ1) is 29.8. The molecule has 0 spiro atoms. The number of nitrogens with zero attached hydrogens (tertiary/aromatic N) is 5. The van der Waals surface area contributed by atoms with Gasteiger partial charge in [0.25, 0.3) is 0 Å². The van der Waals surface area contributed by atoms with E-state index in [1.165, 1.54) is 0 Å². The third kappa shape index (κ3) is 4.48. The monoisotopic (exact) mass is 649 g/mol. The molecular weight excluding hydrogens is 616 g/mol. The van der Waals surface area contributed by atoms with Crippen molar-refractivity contribution in [2.24, 2.45) is 0 Å². The smallest absolute Gasteiger partial charge is 0.417 e. The highest BCUT2D eigenvalue weighted by Crippen LogP contribution is 2.47. The Hall–Kier alpha value is -3.59. The third-order valence-electron chi connectivity index (χ3n) is 10.4. The van der Waals surface area contributed by atoms with Gasteiger partial charge in [-0.3, -0.25) is 4.90 Å². The quantitative estimate of drug-likeness (QED) is 0.301. The number of benzene rings is 1. The molecule has 0 amide bonds. The predicted octanol–water partition coefficient (Wildman–Crippen LogP) is 4.92. The van der Waals surface area contributed by atoms with Crippen molar-refractivity contribution >= 4 is 22.4 Å². The van der Waals surface area contributed by atoms with Crippen LogP contribution < -0.4 is 25.4 Å². The van der Waals surface area contributed by atoms with E-state index in [1.807, 2.05) is 11.8 Å². The Kier molecular flexibility index (Phi) is 6.77. The molecule has 15 heteroatoms. The zero-order valence-electron chi connectivity index (χ0n) is 25.2. The molecule has 9 nitrogen and oxygen atoms in total. The third-order valence-corrected chi connectivity index (χ3v) is 10.4. The van der Waals surface area contributed by atoms with Crippen molar-refractivity contribution in [1.82, 2.24) is 25.2 Å². The molecule has 2 bridgehead atoms. The van der Waals surface area contributed by atoms with Crippen LogP contribution in [0.4, 0.5) is 37.8 Å². The summed E-state index contributed by atoms with van der Waals surface area (Å²) in [6, 6.07) is 0.0775. The van der Waals surface area contributed by atoms with Gasteiger partial charge in [-0.05, 0) is 64.1 Å². The summed E-state index contributed by atoms with van der Waals surface area (Å²) < 4.78 is 102. The SMILES string of the molecule is Cc1c(F)c(N)cc(-c2nc3c4c(nc(OC[C@@H]5C[C@H](F)[C@H]6CCCN56)nc4c2F)N2C[C@H]4CC[C@H](N4)[C@H]2[C@H](C)O3)c1C(F)(F)F. The van der Waals surface area contributed by atoms with E-state index in [-0.39, 0.29) is 66.0 Å². The van der Waals surface area contributed by atoms with Crippen LogP contribution in [0.5, 0.6) is 11.9 Å². The van der Waals surface area contributed by atoms with Crippen LogP contribution in [-0.4, -0.2) is 82.0 Å². The molecule has 1 aromatic carbocycles. The number of pyridine rings is 1. The number of halogens is 6. The highest BCUT2D eigenvalue weighted by Gasteiger charge is 2.48. The lowest BCUT2D eigenvalue weighted by Crippen LogP contribution is -2.62. The molecule has 0 saturated carbocycles. The number of hydrogen-bond acceptors (Lipinski definition) is 9. The second kappa shape index (κ2) is 10.5. The van der Waals surface area contributed by atoms with E-state index in [9.17, 15) is 22.0 Å². The summed E-state index contributed by atoms with van der Waals surface area (Å²) in [5.74, 6) is -2.27. The van der Waals surface area contributed by atoms with Crippen molar-refractivity contribution in [2.45, 2.75) is 94.6 Å². The molecule has 8 rings (SSSR count). The molecule has 3 aromatic rings. The van der Waals surface area contributed by atoms with Gasteiger partial charge in [0, 0.05) is 36.3 Å². The van der Waals surface area contributed by atoms with Crippen LogP contribution in [0.15, 0.2) is 6.07 Å². The van der Waals surface area contributed by atoms with Gasteiger partial charge in [-0.2, -0.15) is 23.1 Å². The van der Waals surface area contributed by atoms with Crippen molar-refractivity contribution in [2.75, 3.05) is 30.3 Å². The largest absolute Gasteiger partial charge is 0.472 e. The van der Waals surface area contributed by atoms with Gasteiger partial charge in [0.15, 0.2) is 5.82 Å². The van der Waals surface area contributed by atoms with Gasteiger partial charge in [0.2, 0.25) is 5.88 Å². The predicted molar refractivity (Wildman–Crippen MR) is 157 cm³/mol. The Bertz CT molecular complexity index is 1740. The molecule has 5 aliphatic rings. The first-order valence-electron chi connectivity index (χ1n) is 15.7. The van der Waals surface area contributed by atoms with E-state index in [1.54, 1.807) is 0 Å². The van der Waals surface area contributed by atoms with Crippen LogP contribution in [0.3, 0.4) is 0 Å². The minimum atomic E-state index is -5.06. The summed E-state index contributed by atoms with van der Waals surface area (Å²) in [5.41, 5.74) is 1.18. The Balaban J connectivity index is 1.31. The van der Waals surface area contributed by atoms with E-state index in [0.29, 0.717) is 12.4 Å². The summed E-state index contributed by atoms with van der Waals surface area (Å²) in [7, 11) is 0. The van der Waals surface area contributed by atoms with Crippen molar-refractivity contribution < 1.29 is 35.8 Å². The molecule has 46 heavy (non-hydrogen) atoms. The van der Waals surface area contributed by atoms with E-state index in [4.69, 9.17) is 20.2 Å². The number of fused-ring (bicyclic) bond motifs is 6. The summed E-state index contributed by atoms with van der Waals surface area (Å²) in [4.78, 5) is 17.5. The highest BCUT2D eigenvalue weighted by molar-refractivity contribution is 5.97. The van der Waals surface area contributed by atoms with Crippen molar-refractivity contribution in [3.05, 3.63) is 28.8 Å². The van der Waals surface area contributed by atoms with Crippen LogP contribution in [0.1, 0.15) is 50.2 Å². The van der Waals surface area contributed by atoms with Gasteiger partial charge in [-0.25, -0.2) is 18.2 Å². The topological polar surface area (TPSA) is 102 Å². The Morgan fingerprint density at radius 2 is 1.93 bits per heavy atom. The minimum absolute atomic E-state index is 0.0187. The van der Waals surface area contributed by atoms with Crippen LogP contribution in [0.2, 0.25) is 0 Å². The first-order chi connectivity index (χ1) is 21.9. The van der Waals surface area contributed by atoms with Gasteiger partial charge in [0.1, 0.15) is 47.1 Å². The number of aromatic nitrogens is 3. The molecule has 2 aromatic heterocycles. The molecule has 7 heterocycles. The number of anilines is 2. The Morgan fingerprint density at radius 3 is 2.72 bits per heavy atom. The maximum atomic E-state index is 16.7. The second-order valence-electron chi connectivity index (χ2n) is 13.1. The minimum Gasteiger partial charge on any atom is -0.472 e. The van der Waals surface area contributed by atoms with Crippen molar-refractivity contribution in [1.29, 1.82) is 0 Å². The standard InChI is InChI=1S/C31H33F6N7O2/c1-12-22(31(35,36)37)16(9-18(38)23(12)33)25-24(34)26-21-28(42-30(41-26)45-11-15-8-17(32)20-4-3-7-43(15)20)44-10-14-5-6-19(39-14)27(44)13(2)46-29(21)40-25/h9,13-15,17,19-20,27,39H,3-8,10-11,38H2,1-2H3/t13-,14+,15-,17-,19-,20+,27+/m0/s1. The average molecular weight is 650 g/mol. The number of ether oxygens (including phenoxy) is 2. The molecule has 4 saturated heterocycles. The molecule has 3 N–H and O–H groups in total. The van der Waals surface area contributed by atoms with Crippen LogP contribution in [-0.2, 0) is 6.18 Å². The fraction of sp³-hybridized carbons (Fsp3) is 0.581. The fourth-order valence-electron chi connectivity index (χ4n) is 8.45. The second-order valence-corrected chi connectivity index (χ2v) is 13.1. The summed E-state index contributed by atoms with van der Waals surface area (Å²) in [6.45, 7) is 4.09. The van der Waals surface area contributed by atoms with Crippen molar-refractivity contribution in [3.63, 3.8) is 0 Å². The molecule has 4 fully saturated rings. The molecular formula is C31H33F6N7O2. The number of rotatable bonds is 4. The van der Waals surface area contributed by atoms with Crippen LogP contribution in [0.25, 0.3) is 22.2 Å². The van der Waals surface area contributed by atoms with Gasteiger partial charge in [-0.1, -0.05) is 0 Å². The summed E-state index contributed by atoms with van der Waals surface area (Å²) in [5, 5.41) is 3.70. The van der Waals surface area contributed by atoms with Gasteiger partial charge >= 0.3 is 12.2 Å². The number of alkyl halides is 4. The van der Waals surface area contributed by atoms with E-state index in [0.717, 1.165) is 45.2 Å². The molecule has 5 aliphatic heterocycles. The first-order valence-corrected chi connectivity index (χ1v) is 15.7. The number of nitrogens with two attached hydrogens (primary N) is 1. The maximum absolute atomic E-state index is 16.7. The van der Waals surface area contributed by atoms with Crippen molar-refractivity contribution in [3.8, 4) is 23.1 Å². The van der Waals surface area contributed by atoms with E-state index >= 15 is 4.39 Å². The van der Waals surface area contributed by atoms with E-state index < -0.39 is 58.2 Å². The molecule has 0 aliphatic carbocycles. The van der Waals surface area contributed by atoms with Gasteiger partial charge < -0.3 is 25.4 Å². The average Bonchev–Trinajstić information content (AvgIpc) is 3.69. The maximum Gasteiger partial charge on any atom is 0.417 e. The molecule has 0 unspecified atom stereocenters. The van der Waals surface area contributed by atoms with Gasteiger partial charge in [-0.15, -0.1) is 0 Å². The van der Waals surface area contributed by atoms with Gasteiger partial charge in [0.05, 0.1) is 17.3 Å². The number of hydrogen-bond donors (Lipinski definition) is 2. The lowest BCUT2D eigenvalue weighted by atomic mass is 9.96. The number of piperazine rings is 1. The summed E-state index contributed by atoms with van der Waals surface area (Å²) in [6.07, 6.45) is -2.81. The zero-order chi connectivity index (χ0) is 32.2. The Labute approximate surface area is 260 Å². The fourth-order valence-corrected chi connectivity index (χ4v) is 8.45. The summed E-state index contributed by atoms with van der Waals surface area (Å²) >= 11 is 0. The van der Waals surface area contributed by atoms with Crippen LogP contribution in [0, 0.1) is 18.6 Å². The Morgan fingerprint density at radius 1 is 1.13 bits per heavy atom.